The second kappa shape index (κ2) is 23.5. The summed E-state index contributed by atoms with van der Waals surface area (Å²) in [5.74, 6) is 0. The first-order chi connectivity index (χ1) is 36.2. The van der Waals surface area contributed by atoms with Gasteiger partial charge in [-0.15, -0.1) is 90.1 Å². The molecule has 387 valence electrons. The van der Waals surface area contributed by atoms with Crippen molar-refractivity contribution in [1.29, 1.82) is 0 Å². The maximum absolute atomic E-state index is 5.94. The van der Waals surface area contributed by atoms with Crippen LogP contribution in [0, 0.1) is 13.8 Å². The van der Waals surface area contributed by atoms with Crippen LogP contribution in [0.1, 0.15) is 151 Å². The third-order valence-electron chi connectivity index (χ3n) is 15.0. The fourth-order valence-corrected chi connectivity index (χ4v) is 16.7. The Hall–Kier alpha value is -4.68. The molecule has 0 spiro atoms. The molecule has 75 heavy (non-hydrogen) atoms. The quantitative estimate of drug-likeness (QED) is 0.0804. The molecule has 4 nitrogen and oxygen atoms in total. The van der Waals surface area contributed by atoms with Gasteiger partial charge >= 0.3 is 17.1 Å². The Balaban J connectivity index is 0.00000641. The fourth-order valence-electron chi connectivity index (χ4n) is 11.0. The fraction of sp³-hybridized carbons (Fsp3) is 0.312. The molecule has 0 atom stereocenters. The van der Waals surface area contributed by atoms with Gasteiger partial charge in [-0.1, -0.05) is 112 Å². The van der Waals surface area contributed by atoms with Crippen LogP contribution in [0.3, 0.4) is 0 Å². The summed E-state index contributed by atoms with van der Waals surface area (Å²) in [7, 11) is 0. The first kappa shape index (κ1) is 53.7. The number of rotatable bonds is 18. The predicted octanol–water partition coefficient (Wildman–Crippen LogP) is 21.5. The molecule has 0 amide bonds. The molecule has 11 heterocycles. The van der Waals surface area contributed by atoms with Gasteiger partial charge in [0.05, 0.1) is 32.5 Å². The van der Waals surface area contributed by atoms with Crippen molar-refractivity contribution in [2.45, 2.75) is 132 Å². The molecule has 0 N–H and O–H groups in total. The van der Waals surface area contributed by atoms with E-state index in [0.29, 0.717) is 0 Å². The molecular weight excluding hydrogens is 1080 g/mol. The molecule has 0 fully saturated rings. The second-order valence-corrected chi connectivity index (χ2v) is 25.8. The maximum Gasteiger partial charge on any atom is 2.00 e. The van der Waals surface area contributed by atoms with Crippen molar-refractivity contribution in [3.05, 3.63) is 139 Å². The largest absolute Gasteiger partial charge is 2.00 e. The van der Waals surface area contributed by atoms with E-state index in [9.17, 15) is 0 Å². The van der Waals surface area contributed by atoms with E-state index in [4.69, 9.17) is 19.9 Å². The smallest absolute Gasteiger partial charge is 0.657 e. The summed E-state index contributed by atoms with van der Waals surface area (Å²) in [6.07, 6.45) is 12.5. The van der Waals surface area contributed by atoms with Crippen LogP contribution in [-0.4, -0.2) is 9.97 Å². The van der Waals surface area contributed by atoms with Gasteiger partial charge < -0.3 is 9.97 Å². The summed E-state index contributed by atoms with van der Waals surface area (Å²) in [6.45, 7) is 18.6. The van der Waals surface area contributed by atoms with Crippen LogP contribution in [0.15, 0.2) is 94.3 Å². The predicted molar refractivity (Wildman–Crippen MR) is 330 cm³/mol. The Morgan fingerprint density at radius 2 is 0.800 bits per heavy atom. The van der Waals surface area contributed by atoms with Crippen molar-refractivity contribution in [2.75, 3.05) is 0 Å². The van der Waals surface area contributed by atoms with Crippen LogP contribution in [-0.2, 0) is 29.9 Å². The Labute approximate surface area is 478 Å². The van der Waals surface area contributed by atoms with E-state index in [0.717, 1.165) is 133 Å². The van der Waals surface area contributed by atoms with E-state index in [1.807, 2.05) is 68.0 Å². The molecule has 8 bridgehead atoms. The summed E-state index contributed by atoms with van der Waals surface area (Å²) in [4.78, 5) is 34.0. The van der Waals surface area contributed by atoms with Crippen LogP contribution in [0.5, 0.6) is 0 Å². The number of fused-ring (bicyclic) bond motifs is 8. The molecule has 11 rings (SSSR count). The molecule has 0 saturated carbocycles. The van der Waals surface area contributed by atoms with Gasteiger partial charge in [-0.3, -0.25) is 0 Å². The minimum absolute atomic E-state index is 0. The summed E-state index contributed by atoms with van der Waals surface area (Å²) in [5, 5.41) is 8.81. The van der Waals surface area contributed by atoms with Crippen LogP contribution in [0.4, 0.5) is 0 Å². The Morgan fingerprint density at radius 3 is 1.15 bits per heavy atom. The van der Waals surface area contributed by atoms with Crippen molar-refractivity contribution < 1.29 is 17.1 Å². The standard InChI is InChI=1S/C64H64N4S6.Cu/c1-9-13-21-41-37(5)59-57(45-33-55(51-25-17-29-69-51)73-63(45)53-27-19-31-71-53)60-39(7)43(23-15-11-3)49(67-60)36-50-44(24-16-12-4)40(8)62(68-50)58(61-38(6)42(22-14-10-2)48(66-61)35-47(41)65-59)46-34-56(52-26-18-30-70-52)74-64(46)54-28-20-32-72-54;/h17-20,25-36H,9-16,21-24H2,1-8H3;/q-2;+2. The third kappa shape index (κ3) is 10.2. The number of thiophene rings is 6. The van der Waals surface area contributed by atoms with Gasteiger partial charge in [-0.25, -0.2) is 9.97 Å². The Morgan fingerprint density at radius 1 is 0.440 bits per heavy atom. The minimum atomic E-state index is 0. The summed E-state index contributed by atoms with van der Waals surface area (Å²) in [5.41, 5.74) is 23.3. The Bertz CT molecular complexity index is 3460. The van der Waals surface area contributed by atoms with Crippen LogP contribution in [0.2, 0.25) is 0 Å². The molecule has 0 unspecified atom stereocenters. The van der Waals surface area contributed by atoms with Gasteiger partial charge in [-0.2, -0.15) is 0 Å². The first-order valence-corrected chi connectivity index (χ1v) is 31.9. The number of hydrogen-bond donors (Lipinski definition) is 0. The maximum atomic E-state index is 5.94. The van der Waals surface area contributed by atoms with Crippen LogP contribution < -0.4 is 9.97 Å². The van der Waals surface area contributed by atoms with Crippen molar-refractivity contribution in [1.82, 2.24) is 19.9 Å². The van der Waals surface area contributed by atoms with E-state index >= 15 is 0 Å². The van der Waals surface area contributed by atoms with Crippen molar-refractivity contribution in [3.63, 3.8) is 0 Å². The molecule has 2 aliphatic heterocycles. The molecule has 9 aromatic rings. The minimum Gasteiger partial charge on any atom is -0.657 e. The zero-order valence-electron chi connectivity index (χ0n) is 44.3. The molecular formula is C64H64CuN4S6. The molecule has 2 aliphatic rings. The normalized spacial score (nSPS) is 12.7. The van der Waals surface area contributed by atoms with Crippen molar-refractivity contribution >= 4 is 112 Å². The van der Waals surface area contributed by atoms with E-state index in [-0.39, 0.29) is 17.1 Å². The molecule has 0 aliphatic carbocycles. The SMILES string of the molecule is CCCCC1=C(C)c2nc1cc1[n-]c(c(C)c1CCCC)c(-c1cc(-c3cccs3)sc1-c1cccs1)c1nc(cc3[n-]c(c(C)c3CCCC)c2-c2cc(-c3cccs3)sc2-c2cccs2)C(CCCC)=C1C.[Cu+2]. The summed E-state index contributed by atoms with van der Waals surface area (Å²) >= 11 is 11.1. The third-order valence-corrected chi connectivity index (χ3v) is 21.5. The number of allylic oxidation sites excluding steroid dienone is 4. The second-order valence-electron chi connectivity index (χ2n) is 19.9. The number of nitrogens with zero attached hydrogens (tertiary/aromatic N) is 4. The molecule has 9 aromatic heterocycles. The summed E-state index contributed by atoms with van der Waals surface area (Å²) < 4.78 is 0. The van der Waals surface area contributed by atoms with Gasteiger partial charge in [0.1, 0.15) is 0 Å². The van der Waals surface area contributed by atoms with E-state index in [2.05, 4.69) is 150 Å². The monoisotopic (exact) mass is 1140 g/mol. The van der Waals surface area contributed by atoms with Gasteiger partial charge in [-0.05, 0) is 170 Å². The Kier molecular flexibility index (Phi) is 16.8. The van der Waals surface area contributed by atoms with Gasteiger partial charge in [0, 0.05) is 40.4 Å². The van der Waals surface area contributed by atoms with E-state index < -0.39 is 0 Å². The van der Waals surface area contributed by atoms with Crippen LogP contribution >= 0.6 is 68.0 Å². The number of unbranched alkanes of at least 4 members (excludes halogenated alkanes) is 4. The summed E-state index contributed by atoms with van der Waals surface area (Å²) in [6, 6.07) is 27.5. The average molecular weight is 1150 g/mol. The first-order valence-electron chi connectivity index (χ1n) is 26.7. The van der Waals surface area contributed by atoms with Gasteiger partial charge in [0.2, 0.25) is 0 Å². The van der Waals surface area contributed by atoms with Crippen LogP contribution in [0.25, 0.3) is 106 Å². The van der Waals surface area contributed by atoms with Crippen molar-refractivity contribution in [3.8, 4) is 61.3 Å². The molecule has 0 aromatic carbocycles. The van der Waals surface area contributed by atoms with E-state index in [1.54, 1.807) is 0 Å². The van der Waals surface area contributed by atoms with Gasteiger partial charge in [0.15, 0.2) is 0 Å². The van der Waals surface area contributed by atoms with Gasteiger partial charge in [0.25, 0.3) is 0 Å². The molecule has 0 saturated heterocycles. The number of hydrogen-bond acceptors (Lipinski definition) is 8. The number of aryl methyl sites for hydroxylation is 4. The average Bonchev–Trinajstić information content (AvgIpc) is 4.25. The molecule has 1 radical (unpaired) electrons. The topological polar surface area (TPSA) is 54.0 Å². The number of aromatic nitrogens is 4. The molecule has 11 heteroatoms. The zero-order valence-corrected chi connectivity index (χ0v) is 50.1. The van der Waals surface area contributed by atoms with E-state index in [1.165, 1.54) is 94.7 Å². The van der Waals surface area contributed by atoms with Crippen molar-refractivity contribution in [2.24, 2.45) is 0 Å². The zero-order chi connectivity index (χ0) is 51.0.